The summed E-state index contributed by atoms with van der Waals surface area (Å²) < 4.78 is 0. The molecule has 2 N–H and O–H groups in total. The predicted molar refractivity (Wildman–Crippen MR) is 114 cm³/mol. The van der Waals surface area contributed by atoms with E-state index in [1.54, 1.807) is 0 Å². The van der Waals surface area contributed by atoms with Crippen LogP contribution < -0.4 is 15.5 Å². The van der Waals surface area contributed by atoms with E-state index in [1.807, 2.05) is 13.1 Å². The molecule has 1 heterocycles. The van der Waals surface area contributed by atoms with Gasteiger partial charge in [0.25, 0.3) is 0 Å². The number of nitrogens with zero attached hydrogens (tertiary/aromatic N) is 3. The molecule has 0 saturated carbocycles. The second-order valence-electron chi connectivity index (χ2n) is 7.00. The van der Waals surface area contributed by atoms with Crippen molar-refractivity contribution in [2.45, 2.75) is 19.5 Å². The van der Waals surface area contributed by atoms with Gasteiger partial charge in [-0.15, -0.1) is 0 Å². The highest BCUT2D eigenvalue weighted by Crippen LogP contribution is 2.16. The Morgan fingerprint density at radius 2 is 1.56 bits per heavy atom. The average molecular weight is 366 g/mol. The van der Waals surface area contributed by atoms with Crippen LogP contribution in [0.2, 0.25) is 0 Å². The summed E-state index contributed by atoms with van der Waals surface area (Å²) in [7, 11) is 1.82. The van der Waals surface area contributed by atoms with Gasteiger partial charge < -0.3 is 15.5 Å². The molecule has 0 aromatic heterocycles. The van der Waals surface area contributed by atoms with Gasteiger partial charge in [0.15, 0.2) is 5.96 Å². The van der Waals surface area contributed by atoms with Crippen molar-refractivity contribution in [3.05, 3.63) is 66.2 Å². The molecule has 0 radical (unpaired) electrons. The fourth-order valence-electron chi connectivity index (χ4n) is 3.44. The van der Waals surface area contributed by atoms with Crippen molar-refractivity contribution >= 4 is 11.6 Å². The Labute approximate surface area is 163 Å². The first-order valence-electron chi connectivity index (χ1n) is 9.79. The molecule has 5 nitrogen and oxygen atoms in total. The number of aliphatic imine (C=N–C) groups is 1. The minimum Gasteiger partial charge on any atom is -0.369 e. The molecule has 1 saturated heterocycles. The lowest BCUT2D eigenvalue weighted by atomic mass is 10.2. The Bertz CT molecular complexity index is 693. The van der Waals surface area contributed by atoms with Crippen molar-refractivity contribution in [2.75, 3.05) is 44.7 Å². The van der Waals surface area contributed by atoms with Crippen LogP contribution in [0, 0.1) is 0 Å². The highest BCUT2D eigenvalue weighted by atomic mass is 15.3. The molecule has 5 heteroatoms. The fourth-order valence-corrected chi connectivity index (χ4v) is 3.44. The number of para-hydroxylation sites is 1. The quantitative estimate of drug-likeness (QED) is 0.610. The van der Waals surface area contributed by atoms with Gasteiger partial charge in [0.2, 0.25) is 0 Å². The van der Waals surface area contributed by atoms with Gasteiger partial charge in [-0.1, -0.05) is 48.5 Å². The zero-order chi connectivity index (χ0) is 18.9. The number of benzene rings is 2. The number of anilines is 1. The van der Waals surface area contributed by atoms with Gasteiger partial charge in [-0.3, -0.25) is 9.89 Å². The van der Waals surface area contributed by atoms with Crippen molar-refractivity contribution in [3.63, 3.8) is 0 Å². The number of hydrogen-bond acceptors (Lipinski definition) is 3. The van der Waals surface area contributed by atoms with Crippen molar-refractivity contribution < 1.29 is 0 Å². The molecule has 1 fully saturated rings. The van der Waals surface area contributed by atoms with E-state index >= 15 is 0 Å². The van der Waals surface area contributed by atoms with Crippen molar-refractivity contribution in [3.8, 4) is 0 Å². The predicted octanol–water partition coefficient (Wildman–Crippen LogP) is 2.56. The van der Waals surface area contributed by atoms with E-state index in [9.17, 15) is 0 Å². The largest absolute Gasteiger partial charge is 0.369 e. The van der Waals surface area contributed by atoms with Crippen LogP contribution in [-0.4, -0.2) is 56.7 Å². The lowest BCUT2D eigenvalue weighted by molar-refractivity contribution is 0.197. The normalized spacial score (nSPS) is 16.8. The molecular weight excluding hydrogens is 334 g/mol. The first-order chi connectivity index (χ1) is 13.3. The van der Waals surface area contributed by atoms with Gasteiger partial charge in [0.1, 0.15) is 0 Å². The Morgan fingerprint density at radius 3 is 2.19 bits per heavy atom. The van der Waals surface area contributed by atoms with Gasteiger partial charge in [0.05, 0.1) is 0 Å². The Hall–Kier alpha value is -2.53. The van der Waals surface area contributed by atoms with Crippen LogP contribution in [0.25, 0.3) is 0 Å². The lowest BCUT2D eigenvalue weighted by Crippen LogP contribution is -2.53. The molecule has 0 amide bonds. The van der Waals surface area contributed by atoms with Crippen molar-refractivity contribution in [1.82, 2.24) is 15.5 Å². The second kappa shape index (κ2) is 9.97. The average Bonchev–Trinajstić information content (AvgIpc) is 2.75. The molecule has 3 rings (SSSR count). The first-order valence-corrected chi connectivity index (χ1v) is 9.79. The standard InChI is InChI=1S/C22H31N5/c1-19(17-24-22(23-2)25-18-20-9-5-3-6-10-20)26-13-15-27(16-14-26)21-11-7-4-8-12-21/h3-12,19H,13-18H2,1-2H3,(H2,23,24,25). The second-order valence-corrected chi connectivity index (χ2v) is 7.00. The number of guanidine groups is 1. The van der Waals surface area contributed by atoms with E-state index < -0.39 is 0 Å². The third kappa shape index (κ3) is 5.73. The van der Waals surface area contributed by atoms with Crippen LogP contribution in [0.1, 0.15) is 12.5 Å². The van der Waals surface area contributed by atoms with E-state index in [2.05, 4.69) is 86.9 Å². The molecule has 144 valence electrons. The van der Waals surface area contributed by atoms with E-state index in [4.69, 9.17) is 0 Å². The minimum atomic E-state index is 0.471. The summed E-state index contributed by atoms with van der Waals surface area (Å²) in [6.07, 6.45) is 0. The number of piperazine rings is 1. The van der Waals surface area contributed by atoms with Gasteiger partial charge in [-0.2, -0.15) is 0 Å². The molecule has 0 bridgehead atoms. The fraction of sp³-hybridized carbons (Fsp3) is 0.409. The maximum absolute atomic E-state index is 4.34. The van der Waals surface area contributed by atoms with Crippen LogP contribution in [0.15, 0.2) is 65.7 Å². The zero-order valence-electron chi connectivity index (χ0n) is 16.4. The summed E-state index contributed by atoms with van der Waals surface area (Å²) in [5, 5.41) is 6.85. The summed E-state index contributed by atoms with van der Waals surface area (Å²) in [6, 6.07) is 21.6. The summed E-state index contributed by atoms with van der Waals surface area (Å²) in [5.74, 6) is 0.855. The maximum atomic E-state index is 4.34. The summed E-state index contributed by atoms with van der Waals surface area (Å²) in [4.78, 5) is 9.36. The number of nitrogens with one attached hydrogen (secondary N) is 2. The van der Waals surface area contributed by atoms with Crippen LogP contribution in [0.3, 0.4) is 0 Å². The van der Waals surface area contributed by atoms with E-state index in [1.165, 1.54) is 11.3 Å². The van der Waals surface area contributed by atoms with Gasteiger partial charge in [-0.25, -0.2) is 0 Å². The molecule has 1 unspecified atom stereocenters. The maximum Gasteiger partial charge on any atom is 0.191 e. The van der Waals surface area contributed by atoms with Crippen LogP contribution in [0.5, 0.6) is 0 Å². The molecule has 2 aromatic rings. The molecule has 1 aliphatic rings. The van der Waals surface area contributed by atoms with Crippen LogP contribution in [-0.2, 0) is 6.54 Å². The monoisotopic (exact) mass is 365 g/mol. The van der Waals surface area contributed by atoms with Gasteiger partial charge >= 0.3 is 0 Å². The van der Waals surface area contributed by atoms with Crippen LogP contribution >= 0.6 is 0 Å². The molecule has 1 atom stereocenters. The zero-order valence-corrected chi connectivity index (χ0v) is 16.4. The van der Waals surface area contributed by atoms with Crippen LogP contribution in [0.4, 0.5) is 5.69 Å². The molecule has 0 spiro atoms. The third-order valence-corrected chi connectivity index (χ3v) is 5.15. The SMILES string of the molecule is CN=C(NCc1ccccc1)NCC(C)N1CCN(c2ccccc2)CC1. The third-order valence-electron chi connectivity index (χ3n) is 5.15. The Kier molecular flexibility index (Phi) is 7.11. The highest BCUT2D eigenvalue weighted by molar-refractivity contribution is 5.79. The topological polar surface area (TPSA) is 42.9 Å². The van der Waals surface area contributed by atoms with Crippen molar-refractivity contribution in [2.24, 2.45) is 4.99 Å². The molecular formula is C22H31N5. The van der Waals surface area contributed by atoms with E-state index in [-0.39, 0.29) is 0 Å². The Morgan fingerprint density at radius 1 is 0.926 bits per heavy atom. The molecule has 1 aliphatic heterocycles. The van der Waals surface area contributed by atoms with Gasteiger partial charge in [-0.05, 0) is 24.6 Å². The van der Waals surface area contributed by atoms with Crippen molar-refractivity contribution in [1.29, 1.82) is 0 Å². The number of rotatable bonds is 6. The minimum absolute atomic E-state index is 0.471. The van der Waals surface area contributed by atoms with E-state index in [0.717, 1.165) is 45.2 Å². The highest BCUT2D eigenvalue weighted by Gasteiger charge is 2.21. The molecule has 27 heavy (non-hydrogen) atoms. The molecule has 0 aliphatic carbocycles. The van der Waals surface area contributed by atoms with Gasteiger partial charge in [0, 0.05) is 58.0 Å². The summed E-state index contributed by atoms with van der Waals surface area (Å²) in [5.41, 5.74) is 2.58. The smallest absolute Gasteiger partial charge is 0.191 e. The summed E-state index contributed by atoms with van der Waals surface area (Å²) >= 11 is 0. The summed E-state index contributed by atoms with van der Waals surface area (Å²) in [6.45, 7) is 8.30. The first kappa shape index (κ1) is 19.2. The lowest BCUT2D eigenvalue weighted by Gasteiger charge is -2.39. The Balaban J connectivity index is 1.40. The molecule has 2 aromatic carbocycles. The number of hydrogen-bond donors (Lipinski definition) is 2. The van der Waals surface area contributed by atoms with E-state index in [0.29, 0.717) is 6.04 Å².